The molecular formula is C17H23NO. The zero-order valence-corrected chi connectivity index (χ0v) is 11.9. The van der Waals surface area contributed by atoms with E-state index in [9.17, 15) is 5.11 Å². The van der Waals surface area contributed by atoms with Gasteiger partial charge in [-0.3, -0.25) is 0 Å². The number of likely N-dealkylation sites (N-methyl/N-ethyl adjacent to an activating group) is 1. The molecule has 102 valence electrons. The molecule has 2 heteroatoms. The van der Waals surface area contributed by atoms with Gasteiger partial charge in [-0.1, -0.05) is 18.2 Å². The fourth-order valence-electron chi connectivity index (χ4n) is 3.54. The lowest BCUT2D eigenvalue weighted by molar-refractivity contribution is 0.286. The quantitative estimate of drug-likeness (QED) is 0.781. The smallest absolute Gasteiger partial charge is 0.118 e. The maximum Gasteiger partial charge on any atom is 0.118 e. The Kier molecular flexibility index (Phi) is 3.36. The highest BCUT2D eigenvalue weighted by atomic mass is 16.3. The van der Waals surface area contributed by atoms with Crippen LogP contribution in [0.4, 0.5) is 0 Å². The molecule has 2 nitrogen and oxygen atoms in total. The third-order valence-electron chi connectivity index (χ3n) is 4.74. The minimum Gasteiger partial charge on any atom is -0.508 e. The van der Waals surface area contributed by atoms with E-state index in [0.717, 1.165) is 25.1 Å². The summed E-state index contributed by atoms with van der Waals surface area (Å²) >= 11 is 0. The second-order valence-electron chi connectivity index (χ2n) is 6.16. The molecule has 1 aliphatic heterocycles. The number of nitrogens with zero attached hydrogens (tertiary/aromatic N) is 1. The van der Waals surface area contributed by atoms with Crippen LogP contribution in [0.5, 0.6) is 5.75 Å². The minimum atomic E-state index is 0.458. The van der Waals surface area contributed by atoms with Gasteiger partial charge in [-0.15, -0.1) is 0 Å². The second kappa shape index (κ2) is 5.01. The third-order valence-corrected chi connectivity index (χ3v) is 4.74. The van der Waals surface area contributed by atoms with Gasteiger partial charge in [-0.05, 0) is 61.9 Å². The van der Waals surface area contributed by atoms with Gasteiger partial charge in [0.2, 0.25) is 0 Å². The molecule has 0 aromatic heterocycles. The lowest BCUT2D eigenvalue weighted by Gasteiger charge is -2.27. The van der Waals surface area contributed by atoms with Crippen molar-refractivity contribution in [1.82, 2.24) is 4.90 Å². The van der Waals surface area contributed by atoms with E-state index in [4.69, 9.17) is 0 Å². The molecule has 1 aromatic rings. The van der Waals surface area contributed by atoms with E-state index in [2.05, 4.69) is 30.2 Å². The molecule has 0 bridgehead atoms. The van der Waals surface area contributed by atoms with Crippen LogP contribution in [0, 0.1) is 12.8 Å². The van der Waals surface area contributed by atoms with E-state index in [0.29, 0.717) is 17.6 Å². The van der Waals surface area contributed by atoms with Crippen LogP contribution in [-0.2, 0) is 6.42 Å². The Labute approximate surface area is 115 Å². The van der Waals surface area contributed by atoms with Crippen LogP contribution in [0.2, 0.25) is 0 Å². The standard InChI is InChI=1S/C17H23NO/c1-12-9-14-7-8-18(2)11-16(13-5-3-4-6-13)15(14)10-17(12)19/h3-4,9-10,13,16,19H,5-8,11H2,1-2H3. The molecule has 1 aliphatic carbocycles. The Morgan fingerprint density at radius 3 is 2.68 bits per heavy atom. The van der Waals surface area contributed by atoms with Crippen LogP contribution in [0.25, 0.3) is 0 Å². The second-order valence-corrected chi connectivity index (χ2v) is 6.16. The van der Waals surface area contributed by atoms with Gasteiger partial charge in [0.15, 0.2) is 0 Å². The first-order valence-electron chi connectivity index (χ1n) is 7.31. The van der Waals surface area contributed by atoms with Crippen molar-refractivity contribution in [2.75, 3.05) is 20.1 Å². The first-order valence-corrected chi connectivity index (χ1v) is 7.31. The molecule has 0 saturated carbocycles. The molecule has 0 spiro atoms. The van der Waals surface area contributed by atoms with Gasteiger partial charge in [0, 0.05) is 19.0 Å². The number of phenolic OH excluding ortho intramolecular Hbond substituents is 1. The summed E-state index contributed by atoms with van der Waals surface area (Å²) in [6.07, 6.45) is 8.09. The number of hydrogen-bond donors (Lipinski definition) is 1. The lowest BCUT2D eigenvalue weighted by atomic mass is 9.81. The monoisotopic (exact) mass is 257 g/mol. The molecule has 0 saturated heterocycles. The SMILES string of the molecule is Cc1cc2c(cc1O)C(C1CC=CC1)CN(C)CC2. The van der Waals surface area contributed by atoms with Crippen LogP contribution >= 0.6 is 0 Å². The summed E-state index contributed by atoms with van der Waals surface area (Å²) < 4.78 is 0. The van der Waals surface area contributed by atoms with Crippen molar-refractivity contribution < 1.29 is 5.11 Å². The summed E-state index contributed by atoms with van der Waals surface area (Å²) in [4.78, 5) is 2.44. The zero-order chi connectivity index (χ0) is 13.4. The van der Waals surface area contributed by atoms with Crippen molar-refractivity contribution >= 4 is 0 Å². The van der Waals surface area contributed by atoms with Gasteiger partial charge < -0.3 is 10.0 Å². The molecular weight excluding hydrogens is 234 g/mol. The fraction of sp³-hybridized carbons (Fsp3) is 0.529. The zero-order valence-electron chi connectivity index (χ0n) is 11.9. The molecule has 3 rings (SSSR count). The van der Waals surface area contributed by atoms with Crippen LogP contribution in [-0.4, -0.2) is 30.1 Å². The average Bonchev–Trinajstić information content (AvgIpc) is 2.86. The predicted molar refractivity (Wildman–Crippen MR) is 78.6 cm³/mol. The number of phenols is 1. The topological polar surface area (TPSA) is 23.5 Å². The summed E-state index contributed by atoms with van der Waals surface area (Å²) in [7, 11) is 2.22. The normalized spacial score (nSPS) is 24.4. The molecule has 1 atom stereocenters. The van der Waals surface area contributed by atoms with Crippen molar-refractivity contribution in [3.8, 4) is 5.75 Å². The van der Waals surface area contributed by atoms with Crippen LogP contribution < -0.4 is 0 Å². The molecule has 2 aliphatic rings. The Hall–Kier alpha value is -1.28. The summed E-state index contributed by atoms with van der Waals surface area (Å²) in [6, 6.07) is 4.23. The highest BCUT2D eigenvalue weighted by molar-refractivity contribution is 5.44. The van der Waals surface area contributed by atoms with Gasteiger partial charge in [0.05, 0.1) is 0 Å². The largest absolute Gasteiger partial charge is 0.508 e. The predicted octanol–water partition coefficient (Wildman–Crippen LogP) is 3.24. The summed E-state index contributed by atoms with van der Waals surface area (Å²) in [5.41, 5.74) is 3.84. The van der Waals surface area contributed by atoms with Crippen molar-refractivity contribution in [3.05, 3.63) is 41.0 Å². The Morgan fingerprint density at radius 1 is 1.21 bits per heavy atom. The van der Waals surface area contributed by atoms with E-state index in [1.54, 1.807) is 0 Å². The fourth-order valence-corrected chi connectivity index (χ4v) is 3.54. The summed E-state index contributed by atoms with van der Waals surface area (Å²) in [5.74, 6) is 1.73. The van der Waals surface area contributed by atoms with Gasteiger partial charge in [0.25, 0.3) is 0 Å². The molecule has 19 heavy (non-hydrogen) atoms. The first-order chi connectivity index (χ1) is 9.15. The van der Waals surface area contributed by atoms with Crippen molar-refractivity contribution in [1.29, 1.82) is 0 Å². The molecule has 0 amide bonds. The number of rotatable bonds is 1. The van der Waals surface area contributed by atoms with Crippen molar-refractivity contribution in [2.45, 2.75) is 32.1 Å². The maximum absolute atomic E-state index is 10.1. The van der Waals surface area contributed by atoms with Gasteiger partial charge in [0.1, 0.15) is 5.75 Å². The minimum absolute atomic E-state index is 0.458. The molecule has 0 fully saturated rings. The highest BCUT2D eigenvalue weighted by Crippen LogP contribution is 2.39. The number of fused-ring (bicyclic) bond motifs is 1. The number of hydrogen-bond acceptors (Lipinski definition) is 2. The molecule has 1 N–H and O–H groups in total. The van der Waals surface area contributed by atoms with Crippen molar-refractivity contribution in [3.63, 3.8) is 0 Å². The van der Waals surface area contributed by atoms with Gasteiger partial charge in [-0.2, -0.15) is 0 Å². The molecule has 1 unspecified atom stereocenters. The van der Waals surface area contributed by atoms with E-state index in [-0.39, 0.29) is 0 Å². The first kappa shape index (κ1) is 12.7. The van der Waals surface area contributed by atoms with E-state index in [1.165, 1.54) is 24.0 Å². The van der Waals surface area contributed by atoms with E-state index < -0.39 is 0 Å². The maximum atomic E-state index is 10.1. The summed E-state index contributed by atoms with van der Waals surface area (Å²) in [5, 5.41) is 10.1. The Morgan fingerprint density at radius 2 is 1.95 bits per heavy atom. The van der Waals surface area contributed by atoms with Crippen LogP contribution in [0.15, 0.2) is 24.3 Å². The van der Waals surface area contributed by atoms with E-state index >= 15 is 0 Å². The van der Waals surface area contributed by atoms with Crippen molar-refractivity contribution in [2.24, 2.45) is 5.92 Å². The molecule has 0 radical (unpaired) electrons. The number of allylic oxidation sites excluding steroid dienone is 2. The highest BCUT2D eigenvalue weighted by Gasteiger charge is 2.29. The van der Waals surface area contributed by atoms with Gasteiger partial charge >= 0.3 is 0 Å². The van der Waals surface area contributed by atoms with Crippen LogP contribution in [0.3, 0.4) is 0 Å². The van der Waals surface area contributed by atoms with Crippen LogP contribution in [0.1, 0.15) is 35.4 Å². The van der Waals surface area contributed by atoms with E-state index in [1.807, 2.05) is 13.0 Å². The number of aromatic hydroxyl groups is 1. The number of aryl methyl sites for hydroxylation is 1. The third kappa shape index (κ3) is 2.42. The molecule has 1 aromatic carbocycles. The molecule has 1 heterocycles. The number of benzene rings is 1. The Bertz CT molecular complexity index is 498. The Balaban J connectivity index is 2.01. The average molecular weight is 257 g/mol. The summed E-state index contributed by atoms with van der Waals surface area (Å²) in [6.45, 7) is 4.23. The van der Waals surface area contributed by atoms with Gasteiger partial charge in [-0.25, -0.2) is 0 Å². The lowest BCUT2D eigenvalue weighted by Crippen LogP contribution is -2.27.